The minimum absolute atomic E-state index is 0.0271. The van der Waals surface area contributed by atoms with Crippen LogP contribution in [0, 0.1) is 0 Å². The smallest absolute Gasteiger partial charge is 0.215 e. The van der Waals surface area contributed by atoms with E-state index in [-0.39, 0.29) is 5.75 Å². The minimum atomic E-state index is -3.22. The van der Waals surface area contributed by atoms with Crippen molar-refractivity contribution in [2.24, 2.45) is 0 Å². The van der Waals surface area contributed by atoms with E-state index < -0.39 is 10.0 Å². The Labute approximate surface area is 119 Å². The summed E-state index contributed by atoms with van der Waals surface area (Å²) in [5, 5.41) is 1.16. The zero-order valence-electron chi connectivity index (χ0n) is 11.7. The Bertz CT molecular complexity index is 749. The molecule has 0 atom stereocenters. The highest BCUT2D eigenvalue weighted by Gasteiger charge is 2.19. The van der Waals surface area contributed by atoms with Crippen LogP contribution < -0.4 is 4.72 Å². The molecule has 6 heteroatoms. The third-order valence-corrected chi connectivity index (χ3v) is 5.23. The third-order valence-electron chi connectivity index (χ3n) is 3.90. The van der Waals surface area contributed by atoms with Gasteiger partial charge in [-0.15, -0.1) is 0 Å². The average molecular weight is 293 g/mol. The summed E-state index contributed by atoms with van der Waals surface area (Å²) in [5.74, 6) is 0.0271. The van der Waals surface area contributed by atoms with Crippen molar-refractivity contribution in [3.63, 3.8) is 0 Å². The second-order valence-electron chi connectivity index (χ2n) is 5.41. The number of aromatic nitrogens is 1. The lowest BCUT2D eigenvalue weighted by Crippen LogP contribution is -2.26. The maximum absolute atomic E-state index is 11.6. The van der Waals surface area contributed by atoms with E-state index in [0.29, 0.717) is 0 Å². The van der Waals surface area contributed by atoms with Crippen LogP contribution in [0.4, 0.5) is 0 Å². The molecule has 1 aliphatic rings. The topological polar surface area (TPSA) is 65.2 Å². The SMILES string of the molecule is CNS(=O)(=O)Cc1ccc2[nH]c3c(c2c1)CCN(C)C3. The van der Waals surface area contributed by atoms with E-state index in [1.165, 1.54) is 18.3 Å². The number of H-pyrrole nitrogens is 1. The summed E-state index contributed by atoms with van der Waals surface area (Å²) < 4.78 is 25.7. The van der Waals surface area contributed by atoms with Gasteiger partial charge in [-0.05, 0) is 43.8 Å². The van der Waals surface area contributed by atoms with Gasteiger partial charge in [0.05, 0.1) is 5.75 Å². The number of rotatable bonds is 3. The summed E-state index contributed by atoms with van der Waals surface area (Å²) in [7, 11) is 0.334. The molecular weight excluding hydrogens is 274 g/mol. The molecule has 3 rings (SSSR count). The van der Waals surface area contributed by atoms with Gasteiger partial charge in [0.2, 0.25) is 10.0 Å². The quantitative estimate of drug-likeness (QED) is 0.894. The minimum Gasteiger partial charge on any atom is -0.357 e. The first-order valence-corrected chi connectivity index (χ1v) is 8.36. The van der Waals surface area contributed by atoms with Crippen molar-refractivity contribution in [3.8, 4) is 0 Å². The lowest BCUT2D eigenvalue weighted by atomic mass is 10.0. The molecular formula is C14H19N3O2S. The maximum Gasteiger partial charge on any atom is 0.215 e. The fourth-order valence-corrected chi connectivity index (χ4v) is 3.57. The molecule has 108 valence electrons. The largest absolute Gasteiger partial charge is 0.357 e. The van der Waals surface area contributed by atoms with Gasteiger partial charge in [0.15, 0.2) is 0 Å². The normalized spacial score (nSPS) is 16.5. The molecule has 5 nitrogen and oxygen atoms in total. The van der Waals surface area contributed by atoms with Crippen LogP contribution in [0.3, 0.4) is 0 Å². The molecule has 0 fully saturated rings. The van der Waals surface area contributed by atoms with Crippen molar-refractivity contribution in [3.05, 3.63) is 35.0 Å². The van der Waals surface area contributed by atoms with Gasteiger partial charge in [0.1, 0.15) is 0 Å². The third kappa shape index (κ3) is 2.46. The summed E-state index contributed by atoms with van der Waals surface area (Å²) in [6.45, 7) is 1.97. The fraction of sp³-hybridized carbons (Fsp3) is 0.429. The standard InChI is InChI=1S/C14H19N3O2S/c1-15-20(18,19)9-10-3-4-13-12(7-10)11-5-6-17(2)8-14(11)16-13/h3-4,7,15-16H,5-6,8-9H2,1-2H3. The van der Waals surface area contributed by atoms with E-state index in [2.05, 4.69) is 21.7 Å². The van der Waals surface area contributed by atoms with Gasteiger partial charge in [-0.1, -0.05) is 6.07 Å². The molecule has 2 N–H and O–H groups in total. The number of hydrogen-bond acceptors (Lipinski definition) is 3. The summed E-state index contributed by atoms with van der Waals surface area (Å²) in [5.41, 5.74) is 4.51. The van der Waals surface area contributed by atoms with E-state index in [1.807, 2.05) is 18.2 Å². The van der Waals surface area contributed by atoms with Crippen molar-refractivity contribution < 1.29 is 8.42 Å². The number of fused-ring (bicyclic) bond motifs is 3. The second kappa shape index (κ2) is 4.87. The van der Waals surface area contributed by atoms with Crippen LogP contribution in [-0.2, 0) is 28.7 Å². The van der Waals surface area contributed by atoms with E-state index in [4.69, 9.17) is 0 Å². The molecule has 0 aliphatic carbocycles. The zero-order chi connectivity index (χ0) is 14.3. The van der Waals surface area contributed by atoms with Gasteiger partial charge in [0.25, 0.3) is 0 Å². The van der Waals surface area contributed by atoms with Crippen LogP contribution in [0.15, 0.2) is 18.2 Å². The van der Waals surface area contributed by atoms with Crippen molar-refractivity contribution in [1.29, 1.82) is 0 Å². The van der Waals surface area contributed by atoms with Gasteiger partial charge in [-0.3, -0.25) is 0 Å². The highest BCUT2D eigenvalue weighted by molar-refractivity contribution is 7.88. The highest BCUT2D eigenvalue weighted by atomic mass is 32.2. The number of nitrogens with one attached hydrogen (secondary N) is 2. The first kappa shape index (κ1) is 13.6. The van der Waals surface area contributed by atoms with Gasteiger partial charge < -0.3 is 9.88 Å². The van der Waals surface area contributed by atoms with Crippen LogP contribution >= 0.6 is 0 Å². The predicted octanol–water partition coefficient (Wildman–Crippen LogP) is 1.20. The number of nitrogens with zero attached hydrogens (tertiary/aromatic N) is 1. The number of aromatic amines is 1. The number of hydrogen-bond donors (Lipinski definition) is 2. The van der Waals surface area contributed by atoms with Gasteiger partial charge in [-0.2, -0.15) is 0 Å². The zero-order valence-corrected chi connectivity index (χ0v) is 12.5. The van der Waals surface area contributed by atoms with E-state index in [9.17, 15) is 8.42 Å². The Morgan fingerprint density at radius 3 is 2.95 bits per heavy atom. The first-order valence-electron chi connectivity index (χ1n) is 6.70. The Balaban J connectivity index is 2.03. The lowest BCUT2D eigenvalue weighted by molar-refractivity contribution is 0.310. The molecule has 1 aliphatic heterocycles. The molecule has 0 saturated carbocycles. The van der Waals surface area contributed by atoms with Crippen molar-refractivity contribution in [1.82, 2.24) is 14.6 Å². The molecule has 0 saturated heterocycles. The molecule has 0 amide bonds. The van der Waals surface area contributed by atoms with Crippen molar-refractivity contribution in [2.45, 2.75) is 18.7 Å². The van der Waals surface area contributed by atoms with E-state index in [0.717, 1.165) is 36.0 Å². The molecule has 1 aromatic heterocycles. The molecule has 0 unspecified atom stereocenters. The Morgan fingerprint density at radius 2 is 2.20 bits per heavy atom. The Kier molecular flexibility index (Phi) is 3.32. The number of likely N-dealkylation sites (N-methyl/N-ethyl adjacent to an activating group) is 1. The highest BCUT2D eigenvalue weighted by Crippen LogP contribution is 2.28. The van der Waals surface area contributed by atoms with Crippen LogP contribution in [0.2, 0.25) is 0 Å². The van der Waals surface area contributed by atoms with Gasteiger partial charge in [-0.25, -0.2) is 13.1 Å². The van der Waals surface area contributed by atoms with Gasteiger partial charge in [0, 0.05) is 29.7 Å². The second-order valence-corrected chi connectivity index (χ2v) is 7.34. The lowest BCUT2D eigenvalue weighted by Gasteiger charge is -2.22. The van der Waals surface area contributed by atoms with Crippen LogP contribution in [0.1, 0.15) is 16.8 Å². The van der Waals surface area contributed by atoms with Gasteiger partial charge >= 0.3 is 0 Å². The van der Waals surface area contributed by atoms with E-state index in [1.54, 1.807) is 0 Å². The first-order chi connectivity index (χ1) is 9.48. The molecule has 1 aromatic carbocycles. The van der Waals surface area contributed by atoms with Crippen LogP contribution in [-0.4, -0.2) is 38.9 Å². The summed E-state index contributed by atoms with van der Waals surface area (Å²) in [4.78, 5) is 5.73. The predicted molar refractivity (Wildman–Crippen MR) is 80.0 cm³/mol. The summed E-state index contributed by atoms with van der Waals surface area (Å²) >= 11 is 0. The molecule has 2 heterocycles. The molecule has 0 radical (unpaired) electrons. The number of benzene rings is 1. The molecule has 2 aromatic rings. The number of sulfonamides is 1. The van der Waals surface area contributed by atoms with Crippen LogP contribution in [0.25, 0.3) is 10.9 Å². The fourth-order valence-electron chi connectivity index (χ4n) is 2.80. The Hall–Kier alpha value is -1.37. The Morgan fingerprint density at radius 1 is 1.40 bits per heavy atom. The summed E-state index contributed by atoms with van der Waals surface area (Å²) in [6, 6.07) is 5.86. The van der Waals surface area contributed by atoms with Crippen molar-refractivity contribution in [2.75, 3.05) is 20.6 Å². The molecule has 20 heavy (non-hydrogen) atoms. The summed E-state index contributed by atoms with van der Waals surface area (Å²) in [6.07, 6.45) is 1.01. The van der Waals surface area contributed by atoms with Crippen LogP contribution in [0.5, 0.6) is 0 Å². The monoisotopic (exact) mass is 293 g/mol. The molecule has 0 bridgehead atoms. The molecule has 0 spiro atoms. The maximum atomic E-state index is 11.6. The van der Waals surface area contributed by atoms with E-state index >= 15 is 0 Å². The van der Waals surface area contributed by atoms with Crippen molar-refractivity contribution >= 4 is 20.9 Å². The average Bonchev–Trinajstić information content (AvgIpc) is 2.75.